The van der Waals surface area contributed by atoms with Crippen molar-refractivity contribution in [1.29, 1.82) is 0 Å². The molecular formula is C24H42ClF2N3O5S. The molecule has 3 fully saturated rings. The molecule has 8 nitrogen and oxygen atoms in total. The van der Waals surface area contributed by atoms with Crippen LogP contribution in [0, 0.1) is 5.92 Å². The van der Waals surface area contributed by atoms with Gasteiger partial charge in [0, 0.05) is 18.9 Å². The quantitative estimate of drug-likeness (QED) is 0.206. The molecule has 0 aromatic rings. The number of carbonyl (C=O) groups is 1. The summed E-state index contributed by atoms with van der Waals surface area (Å²) in [6.07, 6.45) is 3.66. The highest BCUT2D eigenvalue weighted by Gasteiger charge is 2.44. The first-order valence-corrected chi connectivity index (χ1v) is 14.8. The molecule has 210 valence electrons. The van der Waals surface area contributed by atoms with Gasteiger partial charge in [0.05, 0.1) is 17.5 Å². The molecule has 0 aromatic heterocycles. The zero-order valence-corrected chi connectivity index (χ0v) is 22.7. The second kappa shape index (κ2) is 14.2. The van der Waals surface area contributed by atoms with E-state index in [2.05, 4.69) is 16.0 Å². The lowest BCUT2D eigenvalue weighted by molar-refractivity contribution is -0.308. The summed E-state index contributed by atoms with van der Waals surface area (Å²) in [6.45, 7) is 3.26. The molecule has 5 N–H and O–H groups in total. The summed E-state index contributed by atoms with van der Waals surface area (Å²) in [7, 11) is 0. The third-order valence-corrected chi connectivity index (χ3v) is 8.44. The normalized spacial score (nSPS) is 35.5. The van der Waals surface area contributed by atoms with Gasteiger partial charge in [0.25, 0.3) is 0 Å². The predicted octanol–water partition coefficient (Wildman–Crippen LogP) is 2.55. The third kappa shape index (κ3) is 8.90. The fraction of sp³-hybridized carbons (Fsp3) is 0.958. The molecule has 3 aliphatic rings. The smallest absolute Gasteiger partial charge is 0.248 e. The van der Waals surface area contributed by atoms with Crippen LogP contribution in [0.4, 0.5) is 8.78 Å². The Morgan fingerprint density at radius 1 is 1.19 bits per heavy atom. The van der Waals surface area contributed by atoms with E-state index in [1.54, 1.807) is 13.2 Å². The molecule has 1 saturated carbocycles. The van der Waals surface area contributed by atoms with Crippen molar-refractivity contribution in [3.05, 3.63) is 0 Å². The van der Waals surface area contributed by atoms with Gasteiger partial charge in [0.15, 0.2) is 6.29 Å². The average Bonchev–Trinajstić information content (AvgIpc) is 3.08. The van der Waals surface area contributed by atoms with Crippen LogP contribution >= 0.6 is 23.4 Å². The highest BCUT2D eigenvalue weighted by Crippen LogP contribution is 2.33. The van der Waals surface area contributed by atoms with Gasteiger partial charge in [-0.05, 0) is 77.1 Å². The van der Waals surface area contributed by atoms with Gasteiger partial charge in [-0.3, -0.25) is 4.79 Å². The van der Waals surface area contributed by atoms with E-state index in [1.807, 2.05) is 0 Å². The summed E-state index contributed by atoms with van der Waals surface area (Å²) >= 11 is 7.59. The first-order valence-electron chi connectivity index (χ1n) is 13.1. The molecule has 0 radical (unpaired) electrons. The predicted molar refractivity (Wildman–Crippen MR) is 136 cm³/mol. The zero-order chi connectivity index (χ0) is 26.3. The van der Waals surface area contributed by atoms with Gasteiger partial charge in [0.1, 0.15) is 12.2 Å². The number of ether oxygens (including phenoxy) is 2. The summed E-state index contributed by atoms with van der Waals surface area (Å²) in [6, 6.07) is -0.904. The van der Waals surface area contributed by atoms with Crippen LogP contribution in [0.1, 0.15) is 64.7 Å². The van der Waals surface area contributed by atoms with E-state index in [4.69, 9.17) is 21.1 Å². The number of aliphatic hydroxyl groups is 2. The Balaban J connectivity index is 1.42. The Morgan fingerprint density at radius 2 is 1.92 bits per heavy atom. The van der Waals surface area contributed by atoms with Gasteiger partial charge in [-0.2, -0.15) is 0 Å². The maximum Gasteiger partial charge on any atom is 0.248 e. The molecular weight excluding hydrogens is 516 g/mol. The van der Waals surface area contributed by atoms with Crippen molar-refractivity contribution in [3.63, 3.8) is 0 Å². The minimum Gasteiger partial charge on any atom is -0.385 e. The molecule has 2 saturated heterocycles. The number of carbonyl (C=O) groups excluding carboxylic acids is 1. The van der Waals surface area contributed by atoms with Crippen molar-refractivity contribution in [1.82, 2.24) is 16.0 Å². The second-order valence-corrected chi connectivity index (χ2v) is 11.9. The number of aliphatic hydroxyl groups excluding tert-OH is 2. The SMILES string of the molecule is CSC1OC(C(NC(=O)C2CCC(CCCNC3CCC(F)(F)CC3)CCN2)C(C)Cl)C(O)[C@H](O)O1. The number of thioether (sulfide) groups is 1. The van der Waals surface area contributed by atoms with Crippen molar-refractivity contribution >= 4 is 29.3 Å². The van der Waals surface area contributed by atoms with Gasteiger partial charge in [-0.15, -0.1) is 23.4 Å². The van der Waals surface area contributed by atoms with Crippen LogP contribution in [0.15, 0.2) is 0 Å². The van der Waals surface area contributed by atoms with Crippen LogP contribution in [0.5, 0.6) is 0 Å². The molecule has 8 atom stereocenters. The Bertz CT molecular complexity index is 688. The van der Waals surface area contributed by atoms with E-state index in [0.29, 0.717) is 25.2 Å². The van der Waals surface area contributed by atoms with Crippen molar-refractivity contribution in [2.24, 2.45) is 5.92 Å². The van der Waals surface area contributed by atoms with E-state index in [-0.39, 0.29) is 30.8 Å². The standard InChI is InChI=1S/C24H42ClF2N3O5S/c1-14(25)18(20-19(31)22(33)35-23(34-20)36-2)30-21(32)17-6-5-15(9-13-29-17)4-3-12-28-16-7-10-24(26,27)11-8-16/h14-20,22-23,28-29,31,33H,3-13H2,1-2H3,(H,30,32)/t14?,15?,17?,18?,19?,20?,22-,23?/m1/s1. The van der Waals surface area contributed by atoms with Crippen LogP contribution in [-0.4, -0.2) is 89.0 Å². The number of rotatable bonds is 10. The maximum absolute atomic E-state index is 13.3. The van der Waals surface area contributed by atoms with Gasteiger partial charge in [0.2, 0.25) is 17.5 Å². The first kappa shape index (κ1) is 30.3. The lowest BCUT2D eigenvalue weighted by Gasteiger charge is -2.41. The van der Waals surface area contributed by atoms with Crippen LogP contribution < -0.4 is 16.0 Å². The van der Waals surface area contributed by atoms with Gasteiger partial charge in [-0.25, -0.2) is 8.78 Å². The zero-order valence-electron chi connectivity index (χ0n) is 21.1. The van der Waals surface area contributed by atoms with Crippen LogP contribution in [0.25, 0.3) is 0 Å². The summed E-state index contributed by atoms with van der Waals surface area (Å²) in [5.41, 5.74) is -0.770. The van der Waals surface area contributed by atoms with Crippen molar-refractivity contribution < 1.29 is 33.3 Å². The summed E-state index contributed by atoms with van der Waals surface area (Å²) in [5.74, 6) is -2.21. The number of hydrogen-bond acceptors (Lipinski definition) is 8. The van der Waals surface area contributed by atoms with Gasteiger partial charge >= 0.3 is 0 Å². The van der Waals surface area contributed by atoms with Gasteiger partial charge < -0.3 is 35.6 Å². The molecule has 12 heteroatoms. The van der Waals surface area contributed by atoms with E-state index in [0.717, 1.165) is 38.8 Å². The minimum atomic E-state index is -2.49. The lowest BCUT2D eigenvalue weighted by Crippen LogP contribution is -2.62. The molecule has 2 heterocycles. The molecule has 0 bridgehead atoms. The summed E-state index contributed by atoms with van der Waals surface area (Å²) in [5, 5.41) is 29.6. The number of amides is 1. The summed E-state index contributed by atoms with van der Waals surface area (Å²) < 4.78 is 37.5. The molecule has 1 aliphatic carbocycles. The highest BCUT2D eigenvalue weighted by atomic mass is 35.5. The topological polar surface area (TPSA) is 112 Å². The highest BCUT2D eigenvalue weighted by molar-refractivity contribution is 7.98. The van der Waals surface area contributed by atoms with Gasteiger partial charge in [-0.1, -0.05) is 0 Å². The van der Waals surface area contributed by atoms with E-state index in [1.165, 1.54) is 11.8 Å². The number of hydrogen-bond donors (Lipinski definition) is 5. The first-order chi connectivity index (χ1) is 17.1. The number of halogens is 3. The lowest BCUT2D eigenvalue weighted by atomic mass is 9.91. The van der Waals surface area contributed by atoms with Crippen LogP contribution in [0.2, 0.25) is 0 Å². The summed E-state index contributed by atoms with van der Waals surface area (Å²) in [4.78, 5) is 13.1. The van der Waals surface area contributed by atoms with Crippen molar-refractivity contribution in [2.45, 2.75) is 118 Å². The van der Waals surface area contributed by atoms with Crippen molar-refractivity contribution in [2.75, 3.05) is 19.3 Å². The van der Waals surface area contributed by atoms with Crippen LogP contribution in [-0.2, 0) is 14.3 Å². The van der Waals surface area contributed by atoms with E-state index < -0.39 is 41.5 Å². The Morgan fingerprint density at radius 3 is 2.58 bits per heavy atom. The number of alkyl halides is 3. The molecule has 3 rings (SSSR count). The fourth-order valence-corrected chi connectivity index (χ4v) is 5.96. The molecule has 36 heavy (non-hydrogen) atoms. The maximum atomic E-state index is 13.3. The Labute approximate surface area is 221 Å². The van der Waals surface area contributed by atoms with E-state index in [9.17, 15) is 23.8 Å². The Hall–Kier alpha value is -0.270. The minimum absolute atomic E-state index is 0.0237. The van der Waals surface area contributed by atoms with Crippen molar-refractivity contribution in [3.8, 4) is 0 Å². The monoisotopic (exact) mass is 557 g/mol. The number of nitrogens with one attached hydrogen (secondary N) is 3. The second-order valence-electron chi connectivity index (χ2n) is 10.3. The fourth-order valence-electron chi connectivity index (χ4n) is 5.29. The largest absolute Gasteiger partial charge is 0.385 e. The Kier molecular flexibility index (Phi) is 12.0. The average molecular weight is 558 g/mol. The van der Waals surface area contributed by atoms with Crippen LogP contribution in [0.3, 0.4) is 0 Å². The molecule has 2 aliphatic heterocycles. The molecule has 0 aromatic carbocycles. The molecule has 1 amide bonds. The van der Waals surface area contributed by atoms with E-state index >= 15 is 0 Å². The molecule has 7 unspecified atom stereocenters. The third-order valence-electron chi connectivity index (χ3n) is 7.56. The molecule has 0 spiro atoms.